The number of ether oxygens (including phenoxy) is 2. The molecule has 1 N–H and O–H groups in total. The first-order valence-electron chi connectivity index (χ1n) is 10.5. The van der Waals surface area contributed by atoms with E-state index >= 15 is 0 Å². The van der Waals surface area contributed by atoms with Gasteiger partial charge in [-0.2, -0.15) is 0 Å². The molecule has 0 saturated heterocycles. The Morgan fingerprint density at radius 1 is 1.07 bits per heavy atom. The van der Waals surface area contributed by atoms with Gasteiger partial charge in [0, 0.05) is 10.4 Å². The highest BCUT2D eigenvalue weighted by Crippen LogP contribution is 2.60. The van der Waals surface area contributed by atoms with Crippen LogP contribution in [0.1, 0.15) is 43.4 Å². The third kappa shape index (κ3) is 3.21. The van der Waals surface area contributed by atoms with Crippen molar-refractivity contribution < 1.29 is 14.3 Å². The van der Waals surface area contributed by atoms with Crippen molar-refractivity contribution in [2.24, 2.45) is 23.2 Å². The molecule has 0 unspecified atom stereocenters. The van der Waals surface area contributed by atoms with Gasteiger partial charge in [0.25, 0.3) is 0 Å². The first-order chi connectivity index (χ1) is 14.0. The third-order valence-corrected chi connectivity index (χ3v) is 8.08. The SMILES string of the molecule is COc1ccc(-c2nc(NC(=O)C34CC5CC(CC(C5)C3)C4)sc2C)cc1OC. The van der Waals surface area contributed by atoms with Crippen molar-refractivity contribution in [3.8, 4) is 22.8 Å². The van der Waals surface area contributed by atoms with Crippen molar-refractivity contribution in [2.75, 3.05) is 19.5 Å². The number of nitrogens with zero attached hydrogens (tertiary/aromatic N) is 1. The predicted molar refractivity (Wildman–Crippen MR) is 115 cm³/mol. The maximum Gasteiger partial charge on any atom is 0.232 e. The maximum absolute atomic E-state index is 13.3. The molecule has 1 heterocycles. The van der Waals surface area contributed by atoms with Crippen LogP contribution < -0.4 is 14.8 Å². The van der Waals surface area contributed by atoms with Crippen molar-refractivity contribution >= 4 is 22.4 Å². The third-order valence-electron chi connectivity index (χ3n) is 7.19. The van der Waals surface area contributed by atoms with Gasteiger partial charge in [0.15, 0.2) is 16.6 Å². The monoisotopic (exact) mass is 412 g/mol. The van der Waals surface area contributed by atoms with E-state index in [1.165, 1.54) is 19.3 Å². The highest BCUT2D eigenvalue weighted by molar-refractivity contribution is 7.16. The summed E-state index contributed by atoms with van der Waals surface area (Å²) in [7, 11) is 3.26. The van der Waals surface area contributed by atoms with E-state index in [0.29, 0.717) is 16.6 Å². The fourth-order valence-corrected chi connectivity index (χ4v) is 7.15. The van der Waals surface area contributed by atoms with Gasteiger partial charge >= 0.3 is 0 Å². The zero-order chi connectivity index (χ0) is 20.2. The summed E-state index contributed by atoms with van der Waals surface area (Å²) < 4.78 is 10.8. The Hall–Kier alpha value is -2.08. The molecule has 0 spiro atoms. The topological polar surface area (TPSA) is 60.5 Å². The van der Waals surface area contributed by atoms with Crippen LogP contribution in [0.4, 0.5) is 5.13 Å². The molecule has 29 heavy (non-hydrogen) atoms. The summed E-state index contributed by atoms with van der Waals surface area (Å²) in [5.74, 6) is 3.84. The van der Waals surface area contributed by atoms with Crippen LogP contribution in [0.3, 0.4) is 0 Å². The Morgan fingerprint density at radius 3 is 2.28 bits per heavy atom. The molecule has 1 aromatic carbocycles. The molecule has 0 aliphatic heterocycles. The number of thiazole rings is 1. The molecule has 5 nitrogen and oxygen atoms in total. The fraction of sp³-hybridized carbons (Fsp3) is 0.565. The fourth-order valence-electron chi connectivity index (χ4n) is 6.32. The van der Waals surface area contributed by atoms with Gasteiger partial charge < -0.3 is 14.8 Å². The zero-order valence-electron chi connectivity index (χ0n) is 17.3. The summed E-state index contributed by atoms with van der Waals surface area (Å²) in [6.45, 7) is 2.05. The molecule has 2 aromatic rings. The van der Waals surface area contributed by atoms with Crippen LogP contribution >= 0.6 is 11.3 Å². The van der Waals surface area contributed by atoms with E-state index in [0.717, 1.165) is 53.2 Å². The highest BCUT2D eigenvalue weighted by atomic mass is 32.1. The molecule has 6 heteroatoms. The van der Waals surface area contributed by atoms with Gasteiger partial charge in [-0.05, 0) is 81.4 Å². The van der Waals surface area contributed by atoms with E-state index in [1.54, 1.807) is 25.6 Å². The van der Waals surface area contributed by atoms with E-state index in [9.17, 15) is 4.79 Å². The predicted octanol–water partition coefficient (Wildman–Crippen LogP) is 5.29. The van der Waals surface area contributed by atoms with Gasteiger partial charge in [-0.3, -0.25) is 4.79 Å². The van der Waals surface area contributed by atoms with Crippen LogP contribution in [0.25, 0.3) is 11.3 Å². The molecule has 4 aliphatic rings. The maximum atomic E-state index is 13.3. The Bertz CT molecular complexity index is 916. The standard InChI is InChI=1S/C23H28N2O3S/c1-13-20(17-4-5-18(27-2)19(9-17)28-3)24-22(29-13)25-21(26)23-10-14-6-15(11-23)8-16(7-14)12-23/h4-5,9,14-16H,6-8,10-12H2,1-3H3,(H,24,25,26). The minimum atomic E-state index is -0.155. The van der Waals surface area contributed by atoms with Gasteiger partial charge in [-0.25, -0.2) is 4.98 Å². The summed E-state index contributed by atoms with van der Waals surface area (Å²) in [5.41, 5.74) is 1.70. The van der Waals surface area contributed by atoms with Gasteiger partial charge in [-0.1, -0.05) is 0 Å². The van der Waals surface area contributed by atoms with E-state index in [2.05, 4.69) is 5.32 Å². The van der Waals surface area contributed by atoms with Crippen molar-refractivity contribution in [2.45, 2.75) is 45.4 Å². The minimum absolute atomic E-state index is 0.155. The number of hydrogen-bond acceptors (Lipinski definition) is 5. The Labute approximate surface area is 175 Å². The Morgan fingerprint density at radius 2 is 1.69 bits per heavy atom. The smallest absolute Gasteiger partial charge is 0.232 e. The summed E-state index contributed by atoms with van der Waals surface area (Å²) in [6.07, 6.45) is 7.22. The number of benzene rings is 1. The molecule has 4 fully saturated rings. The Balaban J connectivity index is 1.38. The van der Waals surface area contributed by atoms with Gasteiger partial charge in [0.1, 0.15) is 0 Å². The molecule has 4 bridgehead atoms. The summed E-state index contributed by atoms with van der Waals surface area (Å²) >= 11 is 1.55. The molecule has 1 amide bonds. The first kappa shape index (κ1) is 18.9. The molecular formula is C23H28N2O3S. The number of methoxy groups -OCH3 is 2. The largest absolute Gasteiger partial charge is 0.493 e. The summed E-state index contributed by atoms with van der Waals surface area (Å²) in [6, 6.07) is 5.81. The van der Waals surface area contributed by atoms with E-state index in [4.69, 9.17) is 14.5 Å². The normalized spacial score (nSPS) is 29.7. The molecular weight excluding hydrogens is 384 g/mol. The van der Waals surface area contributed by atoms with Gasteiger partial charge in [0.2, 0.25) is 5.91 Å². The van der Waals surface area contributed by atoms with Crippen LogP contribution in [-0.2, 0) is 4.79 Å². The van der Waals surface area contributed by atoms with Crippen molar-refractivity contribution in [3.63, 3.8) is 0 Å². The number of hydrogen-bond donors (Lipinski definition) is 1. The van der Waals surface area contributed by atoms with Gasteiger partial charge in [-0.15, -0.1) is 11.3 Å². The Kier molecular flexibility index (Phi) is 4.57. The lowest BCUT2D eigenvalue weighted by Crippen LogP contribution is -2.51. The van der Waals surface area contributed by atoms with Gasteiger partial charge in [0.05, 0.1) is 25.3 Å². The number of carbonyl (C=O) groups is 1. The molecule has 0 radical (unpaired) electrons. The first-order valence-corrected chi connectivity index (χ1v) is 11.3. The lowest BCUT2D eigenvalue weighted by atomic mass is 9.49. The van der Waals surface area contributed by atoms with Crippen molar-refractivity contribution in [3.05, 3.63) is 23.1 Å². The van der Waals surface area contributed by atoms with Crippen LogP contribution in [-0.4, -0.2) is 25.1 Å². The number of aryl methyl sites for hydroxylation is 1. The lowest BCUT2D eigenvalue weighted by Gasteiger charge is -2.55. The number of rotatable bonds is 5. The number of nitrogens with one attached hydrogen (secondary N) is 1. The molecule has 0 atom stereocenters. The zero-order valence-corrected chi connectivity index (χ0v) is 18.1. The second-order valence-corrected chi connectivity index (χ2v) is 10.3. The number of carbonyl (C=O) groups excluding carboxylic acids is 1. The number of anilines is 1. The van der Waals surface area contributed by atoms with Crippen LogP contribution in [0.15, 0.2) is 18.2 Å². The summed E-state index contributed by atoms with van der Waals surface area (Å²) in [4.78, 5) is 19.2. The average Bonchev–Trinajstić information content (AvgIpc) is 3.06. The van der Waals surface area contributed by atoms with Crippen molar-refractivity contribution in [1.29, 1.82) is 0 Å². The highest BCUT2D eigenvalue weighted by Gasteiger charge is 2.54. The molecule has 1 aromatic heterocycles. The number of aromatic nitrogens is 1. The lowest BCUT2D eigenvalue weighted by molar-refractivity contribution is -0.140. The second kappa shape index (κ2) is 7.01. The average molecular weight is 413 g/mol. The van der Waals surface area contributed by atoms with Crippen molar-refractivity contribution in [1.82, 2.24) is 4.98 Å². The van der Waals surface area contributed by atoms with Crippen LogP contribution in [0.2, 0.25) is 0 Å². The van der Waals surface area contributed by atoms with E-state index < -0.39 is 0 Å². The minimum Gasteiger partial charge on any atom is -0.493 e. The second-order valence-electron chi connectivity index (χ2n) is 9.15. The molecule has 4 aliphatic carbocycles. The molecule has 154 valence electrons. The molecule has 4 saturated carbocycles. The summed E-state index contributed by atoms with van der Waals surface area (Å²) in [5, 5.41) is 3.90. The van der Waals surface area contributed by atoms with Crippen LogP contribution in [0, 0.1) is 30.1 Å². The van der Waals surface area contributed by atoms with E-state index in [-0.39, 0.29) is 11.3 Å². The number of amides is 1. The molecule has 6 rings (SSSR count). The van der Waals surface area contributed by atoms with Crippen LogP contribution in [0.5, 0.6) is 11.5 Å². The quantitative estimate of drug-likeness (QED) is 0.725. The van der Waals surface area contributed by atoms with E-state index in [1.807, 2.05) is 25.1 Å².